The third-order valence-corrected chi connectivity index (χ3v) is 4.81. The number of halogens is 4. The molecule has 0 spiro atoms. The van der Waals surface area contributed by atoms with Crippen molar-refractivity contribution in [1.82, 2.24) is 9.88 Å². The van der Waals surface area contributed by atoms with Crippen LogP contribution in [0.2, 0.25) is 5.15 Å². The molecule has 0 atom stereocenters. The normalized spacial score (nSPS) is 13.5. The van der Waals surface area contributed by atoms with Crippen LogP contribution in [0.4, 0.5) is 13.2 Å². The Hall–Kier alpha value is -3.39. The molecule has 30 heavy (non-hydrogen) atoms. The first-order valence-electron chi connectivity index (χ1n) is 8.69. The van der Waals surface area contributed by atoms with E-state index in [0.29, 0.717) is 27.8 Å². The Morgan fingerprint density at radius 1 is 0.933 bits per heavy atom. The number of amides is 2. The van der Waals surface area contributed by atoms with E-state index in [2.05, 4.69) is 9.72 Å². The van der Waals surface area contributed by atoms with Gasteiger partial charge in [-0.1, -0.05) is 35.9 Å². The molecular formula is C21H12ClF3N2O3. The number of ether oxygens (including phenoxy) is 1. The number of benzene rings is 2. The number of alkyl halides is 3. The van der Waals surface area contributed by atoms with Gasteiger partial charge >= 0.3 is 6.36 Å². The molecule has 0 bridgehead atoms. The second kappa shape index (κ2) is 7.46. The Bertz CT molecular complexity index is 1110. The molecule has 2 heterocycles. The van der Waals surface area contributed by atoms with Crippen molar-refractivity contribution in [2.45, 2.75) is 12.9 Å². The molecular weight excluding hydrogens is 421 g/mol. The highest BCUT2D eigenvalue weighted by Gasteiger charge is 2.35. The summed E-state index contributed by atoms with van der Waals surface area (Å²) in [5.74, 6) is -1.17. The first-order valence-corrected chi connectivity index (χ1v) is 9.06. The lowest BCUT2D eigenvalue weighted by Gasteiger charge is -2.15. The number of pyridine rings is 1. The van der Waals surface area contributed by atoms with E-state index >= 15 is 0 Å². The summed E-state index contributed by atoms with van der Waals surface area (Å²) in [6.07, 6.45) is -3.34. The molecule has 0 saturated carbocycles. The number of rotatable bonds is 4. The SMILES string of the molecule is O=C1c2ccccc2C(=O)N1Cc1cnc(Cl)c(-c2ccc(OC(F)(F)F)cc2)c1. The molecule has 1 aromatic heterocycles. The quantitative estimate of drug-likeness (QED) is 0.425. The molecule has 1 aliphatic heterocycles. The smallest absolute Gasteiger partial charge is 0.406 e. The highest BCUT2D eigenvalue weighted by atomic mass is 35.5. The zero-order valence-electron chi connectivity index (χ0n) is 15.1. The minimum atomic E-state index is -4.78. The zero-order valence-corrected chi connectivity index (χ0v) is 15.9. The van der Waals surface area contributed by atoms with Gasteiger partial charge < -0.3 is 4.74 Å². The van der Waals surface area contributed by atoms with Crippen molar-refractivity contribution in [3.63, 3.8) is 0 Å². The van der Waals surface area contributed by atoms with E-state index in [1.165, 1.54) is 18.3 Å². The van der Waals surface area contributed by atoms with Crippen LogP contribution in [0.5, 0.6) is 5.75 Å². The summed E-state index contributed by atoms with van der Waals surface area (Å²) in [4.78, 5) is 30.3. The van der Waals surface area contributed by atoms with E-state index < -0.39 is 18.2 Å². The van der Waals surface area contributed by atoms with Crippen LogP contribution in [0.25, 0.3) is 11.1 Å². The zero-order chi connectivity index (χ0) is 21.5. The van der Waals surface area contributed by atoms with Crippen LogP contribution in [-0.2, 0) is 6.54 Å². The Balaban J connectivity index is 1.59. The molecule has 3 aromatic rings. The molecule has 0 fully saturated rings. The van der Waals surface area contributed by atoms with Crippen LogP contribution in [0, 0.1) is 0 Å². The maximum atomic E-state index is 12.5. The molecule has 0 saturated heterocycles. The van der Waals surface area contributed by atoms with Gasteiger partial charge in [0.2, 0.25) is 0 Å². The highest BCUT2D eigenvalue weighted by molar-refractivity contribution is 6.32. The molecule has 5 nitrogen and oxygen atoms in total. The van der Waals surface area contributed by atoms with Crippen LogP contribution in [-0.4, -0.2) is 28.1 Å². The molecule has 2 amide bonds. The maximum Gasteiger partial charge on any atom is 0.573 e. The van der Waals surface area contributed by atoms with Crippen LogP contribution in [0.3, 0.4) is 0 Å². The monoisotopic (exact) mass is 432 g/mol. The molecule has 0 unspecified atom stereocenters. The largest absolute Gasteiger partial charge is 0.573 e. The van der Waals surface area contributed by atoms with Crippen molar-refractivity contribution in [2.24, 2.45) is 0 Å². The fourth-order valence-corrected chi connectivity index (χ4v) is 3.39. The summed E-state index contributed by atoms with van der Waals surface area (Å²) in [5.41, 5.74) is 2.17. The fraction of sp³-hybridized carbons (Fsp3) is 0.0952. The minimum absolute atomic E-state index is 0.0151. The fourth-order valence-electron chi connectivity index (χ4n) is 3.18. The number of aromatic nitrogens is 1. The van der Waals surface area contributed by atoms with Gasteiger partial charge in [-0.25, -0.2) is 4.98 Å². The first-order chi connectivity index (χ1) is 14.2. The predicted molar refractivity (Wildman–Crippen MR) is 102 cm³/mol. The first kappa shape index (κ1) is 19.9. The number of fused-ring (bicyclic) bond motifs is 1. The highest BCUT2D eigenvalue weighted by Crippen LogP contribution is 2.31. The van der Waals surface area contributed by atoms with Crippen molar-refractivity contribution in [3.8, 4) is 16.9 Å². The average Bonchev–Trinajstić information content (AvgIpc) is 2.94. The number of carbonyl (C=O) groups excluding carboxylic acids is 2. The van der Waals surface area contributed by atoms with Gasteiger partial charge in [0.15, 0.2) is 0 Å². The van der Waals surface area contributed by atoms with Crippen molar-refractivity contribution in [2.75, 3.05) is 0 Å². The maximum absolute atomic E-state index is 12.5. The molecule has 152 valence electrons. The lowest BCUT2D eigenvalue weighted by atomic mass is 10.1. The summed E-state index contributed by atoms with van der Waals surface area (Å²) in [6, 6.07) is 13.3. The second-order valence-corrected chi connectivity index (χ2v) is 6.85. The van der Waals surface area contributed by atoms with Gasteiger partial charge in [0, 0.05) is 11.8 Å². The lowest BCUT2D eigenvalue weighted by Crippen LogP contribution is -2.29. The minimum Gasteiger partial charge on any atom is -0.406 e. The van der Waals surface area contributed by atoms with Gasteiger partial charge in [0.1, 0.15) is 10.9 Å². The number of imide groups is 1. The third kappa shape index (κ3) is 3.86. The van der Waals surface area contributed by atoms with Gasteiger partial charge in [-0.05, 0) is 41.5 Å². The van der Waals surface area contributed by atoms with Crippen molar-refractivity contribution >= 4 is 23.4 Å². The van der Waals surface area contributed by atoms with Crippen molar-refractivity contribution < 1.29 is 27.5 Å². The van der Waals surface area contributed by atoms with E-state index in [1.54, 1.807) is 30.3 Å². The topological polar surface area (TPSA) is 59.5 Å². The van der Waals surface area contributed by atoms with E-state index in [0.717, 1.165) is 17.0 Å². The Morgan fingerprint density at radius 3 is 2.10 bits per heavy atom. The lowest BCUT2D eigenvalue weighted by molar-refractivity contribution is -0.274. The van der Waals surface area contributed by atoms with Gasteiger partial charge in [0.25, 0.3) is 11.8 Å². The molecule has 2 aromatic carbocycles. The van der Waals surface area contributed by atoms with Crippen LogP contribution in [0.1, 0.15) is 26.3 Å². The van der Waals surface area contributed by atoms with Crippen LogP contribution < -0.4 is 4.74 Å². The van der Waals surface area contributed by atoms with E-state index in [4.69, 9.17) is 11.6 Å². The number of nitrogens with zero attached hydrogens (tertiary/aromatic N) is 2. The Labute approximate surface area is 173 Å². The number of hydrogen-bond acceptors (Lipinski definition) is 4. The van der Waals surface area contributed by atoms with Gasteiger partial charge in [-0.3, -0.25) is 14.5 Å². The van der Waals surface area contributed by atoms with Crippen molar-refractivity contribution in [1.29, 1.82) is 0 Å². The summed E-state index contributed by atoms with van der Waals surface area (Å²) >= 11 is 6.15. The van der Waals surface area contributed by atoms with Crippen molar-refractivity contribution in [3.05, 3.63) is 82.6 Å². The summed E-state index contributed by atoms with van der Waals surface area (Å²) in [5, 5.41) is 0.130. The molecule has 1 aliphatic rings. The summed E-state index contributed by atoms with van der Waals surface area (Å²) in [7, 11) is 0. The molecule has 0 N–H and O–H groups in total. The molecule has 4 rings (SSSR count). The Morgan fingerprint density at radius 2 is 1.53 bits per heavy atom. The van der Waals surface area contributed by atoms with E-state index in [9.17, 15) is 22.8 Å². The van der Waals surface area contributed by atoms with E-state index in [1.807, 2.05) is 0 Å². The van der Waals surface area contributed by atoms with Gasteiger partial charge in [-0.2, -0.15) is 0 Å². The third-order valence-electron chi connectivity index (χ3n) is 4.51. The molecule has 0 radical (unpaired) electrons. The summed E-state index contributed by atoms with van der Waals surface area (Å²) in [6.45, 7) is -0.0151. The second-order valence-electron chi connectivity index (χ2n) is 6.50. The standard InChI is InChI=1S/C21H12ClF3N2O3/c22-18-17(13-5-7-14(8-6-13)30-21(23,24)25)9-12(10-26-18)11-27-19(28)15-3-1-2-4-16(15)20(27)29/h1-10H,11H2. The molecule has 9 heteroatoms. The predicted octanol–water partition coefficient (Wildman–Crippen LogP) is 5.10. The van der Waals surface area contributed by atoms with E-state index in [-0.39, 0.29) is 17.4 Å². The number of carbonyl (C=O) groups is 2. The Kier molecular flexibility index (Phi) is 4.95. The summed E-state index contributed by atoms with van der Waals surface area (Å²) < 4.78 is 40.8. The van der Waals surface area contributed by atoms with Gasteiger partial charge in [-0.15, -0.1) is 13.2 Å². The molecule has 0 aliphatic carbocycles. The van der Waals surface area contributed by atoms with Gasteiger partial charge in [0.05, 0.1) is 17.7 Å². The van der Waals surface area contributed by atoms with Crippen LogP contribution >= 0.6 is 11.6 Å². The number of hydrogen-bond donors (Lipinski definition) is 0. The average molecular weight is 433 g/mol. The van der Waals surface area contributed by atoms with Crippen LogP contribution in [0.15, 0.2) is 60.8 Å².